The van der Waals surface area contributed by atoms with Crippen LogP contribution >= 0.6 is 11.8 Å². The van der Waals surface area contributed by atoms with E-state index < -0.39 is 11.0 Å². The van der Waals surface area contributed by atoms with E-state index in [4.69, 9.17) is 4.74 Å². The second-order valence-corrected chi connectivity index (χ2v) is 6.89. The average Bonchev–Trinajstić information content (AvgIpc) is 3.15. The minimum atomic E-state index is -0.630. The molecule has 2 aromatic carbocycles. The van der Waals surface area contributed by atoms with Crippen molar-refractivity contribution in [2.45, 2.75) is 18.8 Å². The quantitative estimate of drug-likeness (QED) is 0.561. The number of hydrogen-bond acceptors (Lipinski definition) is 6. The van der Waals surface area contributed by atoms with Crippen LogP contribution in [0, 0.1) is 10.1 Å². The third-order valence-electron chi connectivity index (χ3n) is 3.96. The molecule has 1 heterocycles. The number of para-hydroxylation sites is 1. The van der Waals surface area contributed by atoms with Gasteiger partial charge in [-0.3, -0.25) is 24.8 Å². The summed E-state index contributed by atoms with van der Waals surface area (Å²) in [7, 11) is 0. The molecule has 1 atom stereocenters. The Labute approximate surface area is 161 Å². The second kappa shape index (κ2) is 8.68. The number of nitrogens with zero attached hydrogens (tertiary/aromatic N) is 3. The van der Waals surface area contributed by atoms with Gasteiger partial charge in [0.2, 0.25) is 0 Å². The molecule has 0 saturated heterocycles. The first-order valence-electron chi connectivity index (χ1n) is 8.48. The monoisotopic (exact) mass is 385 g/mol. The van der Waals surface area contributed by atoms with E-state index in [2.05, 4.69) is 4.99 Å². The molecule has 2 aromatic rings. The lowest BCUT2D eigenvalue weighted by Crippen LogP contribution is -2.41. The van der Waals surface area contributed by atoms with Crippen LogP contribution in [-0.4, -0.2) is 40.1 Å². The summed E-state index contributed by atoms with van der Waals surface area (Å²) in [6, 6.07) is 15.7. The van der Waals surface area contributed by atoms with Gasteiger partial charge in [0, 0.05) is 24.4 Å². The zero-order valence-electron chi connectivity index (χ0n) is 14.8. The number of hydrogen-bond donors (Lipinski definition) is 0. The lowest BCUT2D eigenvalue weighted by Gasteiger charge is -2.22. The average molecular weight is 385 g/mol. The number of non-ortho nitro benzene ring substituents is 1. The van der Waals surface area contributed by atoms with Gasteiger partial charge in [-0.05, 0) is 24.6 Å². The minimum absolute atomic E-state index is 0.0549. The van der Waals surface area contributed by atoms with Crippen molar-refractivity contribution in [3.8, 4) is 5.75 Å². The Morgan fingerprint density at radius 2 is 2.07 bits per heavy atom. The maximum Gasteiger partial charge on any atom is 0.269 e. The molecule has 1 aliphatic heterocycles. The van der Waals surface area contributed by atoms with Crippen LogP contribution < -0.4 is 4.74 Å². The molecular weight excluding hydrogens is 366 g/mol. The summed E-state index contributed by atoms with van der Waals surface area (Å²) in [5.41, 5.74) is 0.865. The number of carbonyl (C=O) groups excluding carboxylic acids is 1. The minimum Gasteiger partial charge on any atom is -0.481 e. The van der Waals surface area contributed by atoms with Crippen molar-refractivity contribution in [3.05, 3.63) is 70.3 Å². The first-order chi connectivity index (χ1) is 13.0. The van der Waals surface area contributed by atoms with Crippen molar-refractivity contribution in [2.75, 3.05) is 13.1 Å². The third-order valence-corrected chi connectivity index (χ3v) is 5.05. The van der Waals surface area contributed by atoms with Gasteiger partial charge < -0.3 is 4.74 Å². The van der Waals surface area contributed by atoms with Crippen molar-refractivity contribution < 1.29 is 14.5 Å². The molecule has 27 heavy (non-hydrogen) atoms. The number of amides is 1. The van der Waals surface area contributed by atoms with Gasteiger partial charge in [-0.1, -0.05) is 42.1 Å². The highest BCUT2D eigenvalue weighted by Gasteiger charge is 2.29. The molecule has 1 unspecified atom stereocenters. The lowest BCUT2D eigenvalue weighted by molar-refractivity contribution is -0.384. The van der Waals surface area contributed by atoms with E-state index >= 15 is 0 Å². The molecule has 0 saturated carbocycles. The van der Waals surface area contributed by atoms with Crippen molar-refractivity contribution in [2.24, 2.45) is 4.99 Å². The van der Waals surface area contributed by atoms with Crippen LogP contribution in [0.5, 0.6) is 5.75 Å². The molecule has 1 aliphatic rings. The summed E-state index contributed by atoms with van der Waals surface area (Å²) >= 11 is 1.39. The van der Waals surface area contributed by atoms with Crippen molar-refractivity contribution in [3.63, 3.8) is 0 Å². The molecule has 0 bridgehead atoms. The van der Waals surface area contributed by atoms with Gasteiger partial charge in [0.05, 0.1) is 11.5 Å². The predicted octanol–water partition coefficient (Wildman–Crippen LogP) is 3.49. The van der Waals surface area contributed by atoms with Gasteiger partial charge in [-0.15, -0.1) is 0 Å². The molecule has 0 spiro atoms. The first-order valence-corrected chi connectivity index (χ1v) is 9.47. The van der Waals surface area contributed by atoms with E-state index in [1.54, 1.807) is 30.0 Å². The number of nitro benzene ring substituents is 1. The second-order valence-electron chi connectivity index (χ2n) is 5.94. The Bertz CT molecular complexity index is 857. The van der Waals surface area contributed by atoms with E-state index in [0.29, 0.717) is 29.8 Å². The summed E-state index contributed by atoms with van der Waals surface area (Å²) in [6.45, 7) is 2.77. The van der Waals surface area contributed by atoms with E-state index in [-0.39, 0.29) is 11.6 Å². The van der Waals surface area contributed by atoms with Gasteiger partial charge >= 0.3 is 0 Å². The SMILES string of the molecule is CC(Oc1ccccc1)C(=O)N1CCN=C1SCc1cccc([N+](=O)[O-])c1. The smallest absolute Gasteiger partial charge is 0.269 e. The summed E-state index contributed by atoms with van der Waals surface area (Å²) in [4.78, 5) is 29.2. The Morgan fingerprint density at radius 3 is 2.81 bits per heavy atom. The van der Waals surface area contributed by atoms with Crippen LogP contribution in [0.3, 0.4) is 0 Å². The molecule has 0 radical (unpaired) electrons. The van der Waals surface area contributed by atoms with E-state index in [1.165, 1.54) is 23.9 Å². The van der Waals surface area contributed by atoms with Gasteiger partial charge in [0.15, 0.2) is 11.3 Å². The van der Waals surface area contributed by atoms with Crippen LogP contribution in [0.2, 0.25) is 0 Å². The maximum atomic E-state index is 12.7. The number of rotatable bonds is 6. The molecule has 8 heteroatoms. The Morgan fingerprint density at radius 1 is 1.30 bits per heavy atom. The topological polar surface area (TPSA) is 85.0 Å². The zero-order valence-corrected chi connectivity index (χ0v) is 15.6. The largest absolute Gasteiger partial charge is 0.481 e. The highest BCUT2D eigenvalue weighted by atomic mass is 32.2. The summed E-state index contributed by atoms with van der Waals surface area (Å²) in [5, 5.41) is 11.5. The van der Waals surface area contributed by atoms with Gasteiger partial charge in [-0.25, -0.2) is 0 Å². The van der Waals surface area contributed by atoms with Crippen LogP contribution in [0.25, 0.3) is 0 Å². The van der Waals surface area contributed by atoms with Crippen LogP contribution in [0.15, 0.2) is 59.6 Å². The Kier molecular flexibility index (Phi) is 6.08. The van der Waals surface area contributed by atoms with Crippen LogP contribution in [0.1, 0.15) is 12.5 Å². The number of carbonyl (C=O) groups is 1. The van der Waals surface area contributed by atoms with Crippen molar-refractivity contribution >= 4 is 28.5 Å². The lowest BCUT2D eigenvalue weighted by atomic mass is 10.2. The fraction of sp³-hybridized carbons (Fsp3) is 0.263. The molecular formula is C19H19N3O4S. The fourth-order valence-corrected chi connectivity index (χ4v) is 3.63. The number of aliphatic imine (C=N–C) groups is 1. The standard InChI is InChI=1S/C19H19N3O4S/c1-14(26-17-8-3-2-4-9-17)18(23)21-11-10-20-19(21)27-13-15-6-5-7-16(12-15)22(24)25/h2-9,12,14H,10-11,13H2,1H3. The summed E-state index contributed by atoms with van der Waals surface area (Å²) < 4.78 is 5.71. The maximum absolute atomic E-state index is 12.7. The normalized spacial score (nSPS) is 14.6. The molecule has 0 aliphatic carbocycles. The molecule has 1 amide bonds. The molecule has 0 aromatic heterocycles. The van der Waals surface area contributed by atoms with E-state index in [0.717, 1.165) is 5.56 Å². The van der Waals surface area contributed by atoms with Crippen molar-refractivity contribution in [1.29, 1.82) is 0 Å². The first kappa shape index (κ1) is 18.9. The number of thioether (sulfide) groups is 1. The molecule has 0 fully saturated rings. The predicted molar refractivity (Wildman–Crippen MR) is 105 cm³/mol. The highest BCUT2D eigenvalue weighted by molar-refractivity contribution is 8.13. The zero-order chi connectivity index (χ0) is 19.2. The number of ether oxygens (including phenoxy) is 1. The summed E-state index contributed by atoms with van der Waals surface area (Å²) in [5.74, 6) is 0.986. The summed E-state index contributed by atoms with van der Waals surface area (Å²) in [6.07, 6.45) is -0.630. The van der Waals surface area contributed by atoms with E-state index in [1.807, 2.05) is 24.3 Å². The van der Waals surface area contributed by atoms with Crippen LogP contribution in [0.4, 0.5) is 5.69 Å². The van der Waals surface area contributed by atoms with E-state index in [9.17, 15) is 14.9 Å². The number of amidine groups is 1. The van der Waals surface area contributed by atoms with Gasteiger partial charge in [0.25, 0.3) is 11.6 Å². The number of nitro groups is 1. The third kappa shape index (κ3) is 4.85. The van der Waals surface area contributed by atoms with Crippen molar-refractivity contribution in [1.82, 2.24) is 4.90 Å². The molecule has 0 N–H and O–H groups in total. The molecule has 140 valence electrons. The van der Waals surface area contributed by atoms with Gasteiger partial charge in [0.1, 0.15) is 5.75 Å². The molecule has 7 nitrogen and oxygen atoms in total. The van der Waals surface area contributed by atoms with Gasteiger partial charge in [-0.2, -0.15) is 0 Å². The van der Waals surface area contributed by atoms with Crippen LogP contribution in [-0.2, 0) is 10.5 Å². The Balaban J connectivity index is 1.60. The fourth-order valence-electron chi connectivity index (χ4n) is 2.64. The number of benzene rings is 2. The Hall–Kier alpha value is -2.87. The highest BCUT2D eigenvalue weighted by Crippen LogP contribution is 2.23. The molecule has 3 rings (SSSR count).